The Labute approximate surface area is 167 Å². The number of benzene rings is 1. The van der Waals surface area contributed by atoms with Gasteiger partial charge in [0.25, 0.3) is 5.91 Å². The molecule has 0 aliphatic carbocycles. The topological polar surface area (TPSA) is 85.8 Å². The Bertz CT molecular complexity index is 755. The zero-order chi connectivity index (χ0) is 20.1. The van der Waals surface area contributed by atoms with Crippen LogP contribution in [0.5, 0.6) is 0 Å². The Kier molecular flexibility index (Phi) is 6.21. The predicted octanol–water partition coefficient (Wildman–Crippen LogP) is 2.02. The molecule has 1 aromatic rings. The standard InChI is InChI=1S/C21H31N5O2/c1-4-15-8-6-7-9-16(15)14-23-19(22-5-2)26-12-10-17(11-13-26)21(3)18(27)24-20(28)25-21/h6-9,17H,4-5,10-14H2,1-3H3,(H,22,23)(H2,24,25,27,28). The summed E-state index contributed by atoms with van der Waals surface area (Å²) in [6, 6.07) is 8.04. The number of urea groups is 1. The van der Waals surface area contributed by atoms with Gasteiger partial charge in [-0.15, -0.1) is 0 Å². The minimum Gasteiger partial charge on any atom is -0.357 e. The normalized spacial score (nSPS) is 23.5. The van der Waals surface area contributed by atoms with Gasteiger partial charge >= 0.3 is 6.03 Å². The van der Waals surface area contributed by atoms with Crippen molar-refractivity contribution >= 4 is 17.9 Å². The van der Waals surface area contributed by atoms with E-state index >= 15 is 0 Å². The first kappa shape index (κ1) is 20.2. The zero-order valence-electron chi connectivity index (χ0n) is 17.0. The van der Waals surface area contributed by atoms with Crippen molar-refractivity contribution in [2.45, 2.75) is 52.1 Å². The summed E-state index contributed by atoms with van der Waals surface area (Å²) in [7, 11) is 0. The Morgan fingerprint density at radius 1 is 1.21 bits per heavy atom. The van der Waals surface area contributed by atoms with Crippen LogP contribution in [0.2, 0.25) is 0 Å². The number of aliphatic imine (C=N–C) groups is 1. The maximum atomic E-state index is 12.2. The molecule has 0 spiro atoms. The van der Waals surface area contributed by atoms with E-state index in [0.29, 0.717) is 6.54 Å². The Balaban J connectivity index is 1.66. The summed E-state index contributed by atoms with van der Waals surface area (Å²) >= 11 is 0. The number of guanidine groups is 1. The lowest BCUT2D eigenvalue weighted by Crippen LogP contribution is -2.55. The highest BCUT2D eigenvalue weighted by molar-refractivity contribution is 6.07. The maximum absolute atomic E-state index is 12.2. The number of piperidine rings is 1. The van der Waals surface area contributed by atoms with Crippen LogP contribution in [-0.4, -0.2) is 48.0 Å². The first-order valence-electron chi connectivity index (χ1n) is 10.2. The van der Waals surface area contributed by atoms with Crippen LogP contribution < -0.4 is 16.0 Å². The van der Waals surface area contributed by atoms with Crippen LogP contribution in [0, 0.1) is 5.92 Å². The first-order chi connectivity index (χ1) is 13.5. The van der Waals surface area contributed by atoms with E-state index in [1.54, 1.807) is 0 Å². The Hall–Kier alpha value is -2.57. The second-order valence-electron chi connectivity index (χ2n) is 7.66. The van der Waals surface area contributed by atoms with Gasteiger partial charge in [-0.05, 0) is 50.2 Å². The molecule has 2 heterocycles. The second kappa shape index (κ2) is 8.63. The third-order valence-electron chi connectivity index (χ3n) is 5.92. The van der Waals surface area contributed by atoms with Crippen molar-refractivity contribution in [1.82, 2.24) is 20.9 Å². The van der Waals surface area contributed by atoms with Crippen LogP contribution >= 0.6 is 0 Å². The van der Waals surface area contributed by atoms with Crippen molar-refractivity contribution in [3.05, 3.63) is 35.4 Å². The summed E-state index contributed by atoms with van der Waals surface area (Å²) < 4.78 is 0. The third kappa shape index (κ3) is 4.13. The van der Waals surface area contributed by atoms with Crippen LogP contribution in [0.3, 0.4) is 0 Å². The molecule has 2 saturated heterocycles. The van der Waals surface area contributed by atoms with Crippen LogP contribution in [0.15, 0.2) is 29.3 Å². The van der Waals surface area contributed by atoms with Gasteiger partial charge in [0.15, 0.2) is 5.96 Å². The number of likely N-dealkylation sites (tertiary alicyclic amines) is 1. The number of hydrogen-bond donors (Lipinski definition) is 3. The summed E-state index contributed by atoms with van der Waals surface area (Å²) in [5.74, 6) is 0.823. The molecule has 0 radical (unpaired) electrons. The minimum absolute atomic E-state index is 0.124. The second-order valence-corrected chi connectivity index (χ2v) is 7.66. The van der Waals surface area contributed by atoms with E-state index in [9.17, 15) is 9.59 Å². The van der Waals surface area contributed by atoms with Crippen LogP contribution in [0.25, 0.3) is 0 Å². The Morgan fingerprint density at radius 2 is 1.89 bits per heavy atom. The van der Waals surface area contributed by atoms with E-state index < -0.39 is 5.54 Å². The fraction of sp³-hybridized carbons (Fsp3) is 0.571. The molecule has 3 rings (SSSR count). The van der Waals surface area contributed by atoms with Crippen molar-refractivity contribution in [3.63, 3.8) is 0 Å². The monoisotopic (exact) mass is 385 g/mol. The number of aryl methyl sites for hydroxylation is 1. The molecule has 152 valence electrons. The molecular formula is C21H31N5O2. The largest absolute Gasteiger partial charge is 0.357 e. The van der Waals surface area contributed by atoms with Gasteiger partial charge in [-0.2, -0.15) is 0 Å². The molecule has 2 aliphatic heterocycles. The van der Waals surface area contributed by atoms with E-state index in [-0.39, 0.29) is 17.9 Å². The van der Waals surface area contributed by atoms with Gasteiger partial charge in [-0.1, -0.05) is 31.2 Å². The summed E-state index contributed by atoms with van der Waals surface area (Å²) in [6.07, 6.45) is 2.67. The molecule has 3 N–H and O–H groups in total. The lowest BCUT2D eigenvalue weighted by Gasteiger charge is -2.39. The molecule has 1 aromatic carbocycles. The maximum Gasteiger partial charge on any atom is 0.322 e. The molecule has 7 nitrogen and oxygen atoms in total. The van der Waals surface area contributed by atoms with Gasteiger partial charge in [0, 0.05) is 19.6 Å². The average Bonchev–Trinajstić information content (AvgIpc) is 2.98. The first-order valence-corrected chi connectivity index (χ1v) is 10.2. The fourth-order valence-corrected chi connectivity index (χ4v) is 4.16. The SMILES string of the molecule is CCNC(=NCc1ccccc1CC)N1CCC(C2(C)NC(=O)NC2=O)CC1. The van der Waals surface area contributed by atoms with Crippen molar-refractivity contribution in [2.24, 2.45) is 10.9 Å². The average molecular weight is 386 g/mol. The lowest BCUT2D eigenvalue weighted by molar-refractivity contribution is -0.125. The highest BCUT2D eigenvalue weighted by Gasteiger charge is 2.48. The molecular weight excluding hydrogens is 354 g/mol. The molecule has 3 amide bonds. The number of rotatable bonds is 5. The van der Waals surface area contributed by atoms with Gasteiger partial charge in [0.2, 0.25) is 0 Å². The molecule has 28 heavy (non-hydrogen) atoms. The van der Waals surface area contributed by atoms with Gasteiger partial charge < -0.3 is 15.5 Å². The quantitative estimate of drug-likeness (QED) is 0.411. The molecule has 1 atom stereocenters. The summed E-state index contributed by atoms with van der Waals surface area (Å²) in [5, 5.41) is 8.58. The van der Waals surface area contributed by atoms with Crippen molar-refractivity contribution in [3.8, 4) is 0 Å². The summed E-state index contributed by atoms with van der Waals surface area (Å²) in [4.78, 5) is 30.9. The number of hydrogen-bond acceptors (Lipinski definition) is 3. The summed E-state index contributed by atoms with van der Waals surface area (Å²) in [5.41, 5.74) is 1.78. The van der Waals surface area contributed by atoms with E-state index in [4.69, 9.17) is 4.99 Å². The van der Waals surface area contributed by atoms with E-state index in [1.165, 1.54) is 11.1 Å². The highest BCUT2D eigenvalue weighted by Crippen LogP contribution is 2.30. The van der Waals surface area contributed by atoms with Gasteiger partial charge in [-0.25, -0.2) is 9.79 Å². The van der Waals surface area contributed by atoms with E-state index in [2.05, 4.69) is 59.0 Å². The lowest BCUT2D eigenvalue weighted by atomic mass is 9.79. The molecule has 1 unspecified atom stereocenters. The van der Waals surface area contributed by atoms with Gasteiger partial charge in [0.1, 0.15) is 5.54 Å². The van der Waals surface area contributed by atoms with Crippen molar-refractivity contribution in [2.75, 3.05) is 19.6 Å². The van der Waals surface area contributed by atoms with Crippen molar-refractivity contribution in [1.29, 1.82) is 0 Å². The predicted molar refractivity (Wildman–Crippen MR) is 110 cm³/mol. The smallest absolute Gasteiger partial charge is 0.322 e. The number of nitrogens with zero attached hydrogens (tertiary/aromatic N) is 2. The minimum atomic E-state index is -0.807. The molecule has 0 aromatic heterocycles. The van der Waals surface area contributed by atoms with Crippen LogP contribution in [0.1, 0.15) is 44.7 Å². The molecule has 7 heteroatoms. The molecule has 2 aliphatic rings. The van der Waals surface area contributed by atoms with Gasteiger partial charge in [-0.3, -0.25) is 10.1 Å². The number of imide groups is 1. The molecule has 2 fully saturated rings. The number of carbonyl (C=O) groups is 2. The third-order valence-corrected chi connectivity index (χ3v) is 5.92. The number of nitrogens with one attached hydrogen (secondary N) is 3. The van der Waals surface area contributed by atoms with E-state index in [0.717, 1.165) is 44.9 Å². The van der Waals surface area contributed by atoms with Gasteiger partial charge in [0.05, 0.1) is 6.54 Å². The van der Waals surface area contributed by atoms with E-state index in [1.807, 2.05) is 6.92 Å². The Morgan fingerprint density at radius 3 is 2.46 bits per heavy atom. The number of amides is 3. The van der Waals surface area contributed by atoms with Crippen molar-refractivity contribution < 1.29 is 9.59 Å². The summed E-state index contributed by atoms with van der Waals surface area (Å²) in [6.45, 7) is 9.15. The highest BCUT2D eigenvalue weighted by atomic mass is 16.2. The molecule has 0 bridgehead atoms. The van der Waals surface area contributed by atoms with Crippen LogP contribution in [0.4, 0.5) is 4.79 Å². The fourth-order valence-electron chi connectivity index (χ4n) is 4.16. The van der Waals surface area contributed by atoms with Crippen LogP contribution in [-0.2, 0) is 17.8 Å². The number of carbonyl (C=O) groups excluding carboxylic acids is 2. The zero-order valence-corrected chi connectivity index (χ0v) is 17.0. The molecule has 0 saturated carbocycles.